The first-order valence-electron chi connectivity index (χ1n) is 11.6. The minimum atomic E-state index is -3.78. The van der Waals surface area contributed by atoms with E-state index in [-0.39, 0.29) is 42.8 Å². The van der Waals surface area contributed by atoms with Crippen molar-refractivity contribution >= 4 is 40.0 Å². The van der Waals surface area contributed by atoms with Gasteiger partial charge in [-0.2, -0.15) is 8.42 Å². The first kappa shape index (κ1) is 34.4. The van der Waals surface area contributed by atoms with Crippen LogP contribution in [-0.4, -0.2) is 64.4 Å². The summed E-state index contributed by atoms with van der Waals surface area (Å²) in [4.78, 5) is 0. The fourth-order valence-electron chi connectivity index (χ4n) is 2.68. The van der Waals surface area contributed by atoms with Crippen LogP contribution < -0.4 is 0 Å². The molecule has 0 saturated heterocycles. The summed E-state index contributed by atoms with van der Waals surface area (Å²) >= 11 is 0. The molecule has 0 aromatic heterocycles. The van der Waals surface area contributed by atoms with Gasteiger partial charge in [0.1, 0.15) is 0 Å². The van der Waals surface area contributed by atoms with Gasteiger partial charge in [0.05, 0.1) is 13.2 Å². The van der Waals surface area contributed by atoms with Crippen LogP contribution in [-0.2, 0) is 23.5 Å². The van der Waals surface area contributed by atoms with Gasteiger partial charge in [-0.15, -0.1) is 0 Å². The first-order chi connectivity index (χ1) is 13.5. The molecule has 0 aliphatic heterocycles. The molecule has 0 fully saturated rings. The second kappa shape index (κ2) is 28.8. The zero-order chi connectivity index (χ0) is 21.3. The van der Waals surface area contributed by atoms with Gasteiger partial charge in [-0.25, -0.2) is 8.37 Å². The Labute approximate surface area is 204 Å². The van der Waals surface area contributed by atoms with Crippen LogP contribution in [0.4, 0.5) is 0 Å². The third-order valence-corrected chi connectivity index (χ3v) is 5.27. The van der Waals surface area contributed by atoms with Gasteiger partial charge in [0.25, 0.3) is 0 Å². The summed E-state index contributed by atoms with van der Waals surface area (Å²) in [5.41, 5.74) is 0. The molecule has 5 nitrogen and oxygen atoms in total. The van der Waals surface area contributed by atoms with Crippen LogP contribution in [0.15, 0.2) is 0 Å². The topological polar surface area (TPSA) is 61.8 Å². The summed E-state index contributed by atoms with van der Waals surface area (Å²) < 4.78 is 37.6. The van der Waals surface area contributed by atoms with E-state index < -0.39 is 10.4 Å². The van der Waals surface area contributed by atoms with Crippen molar-refractivity contribution in [3.8, 4) is 0 Å². The van der Waals surface area contributed by atoms with Crippen molar-refractivity contribution in [3.05, 3.63) is 0 Å². The molecule has 0 unspecified atom stereocenters. The minimum absolute atomic E-state index is 0. The molecule has 29 heavy (non-hydrogen) atoms. The molecule has 0 rings (SSSR count). The van der Waals surface area contributed by atoms with Crippen molar-refractivity contribution in [3.63, 3.8) is 0 Å². The molecule has 0 amide bonds. The number of ether oxygens (including phenoxy) is 1. The van der Waals surface area contributed by atoms with Gasteiger partial charge in [0.2, 0.25) is 0 Å². The van der Waals surface area contributed by atoms with Gasteiger partial charge in [-0.05, 0) is 26.7 Å². The Balaban J connectivity index is -0.000000997. The first-order valence-corrected chi connectivity index (χ1v) is 13.0. The molecule has 0 heterocycles. The maximum atomic E-state index is 11.5. The molecular formula is C22H49NaO5S. The summed E-state index contributed by atoms with van der Waals surface area (Å²) in [6.45, 7) is 10.5. The number of hydrogen-bond donors (Lipinski definition) is 0. The molecule has 0 N–H and O–H groups in total. The number of hydrogen-bond acceptors (Lipinski definition) is 5. The second-order valence-electron chi connectivity index (χ2n) is 7.08. The maximum absolute atomic E-state index is 11.5. The summed E-state index contributed by atoms with van der Waals surface area (Å²) in [5.74, 6) is 0. The van der Waals surface area contributed by atoms with Crippen LogP contribution in [0.1, 0.15) is 118 Å². The van der Waals surface area contributed by atoms with Gasteiger partial charge < -0.3 is 4.74 Å². The average molecular weight is 449 g/mol. The molecule has 174 valence electrons. The Bertz CT molecular complexity index is 375. The van der Waals surface area contributed by atoms with Crippen molar-refractivity contribution in [2.24, 2.45) is 0 Å². The molecule has 0 aromatic rings. The van der Waals surface area contributed by atoms with Crippen LogP contribution >= 0.6 is 0 Å². The summed E-state index contributed by atoms with van der Waals surface area (Å²) in [6.07, 6.45) is 16.0. The number of rotatable bonds is 20. The van der Waals surface area contributed by atoms with Crippen LogP contribution in [0.2, 0.25) is 0 Å². The second-order valence-corrected chi connectivity index (χ2v) is 8.36. The van der Waals surface area contributed by atoms with E-state index >= 15 is 0 Å². The van der Waals surface area contributed by atoms with Gasteiger partial charge in [0.15, 0.2) is 0 Å². The van der Waals surface area contributed by atoms with Crippen molar-refractivity contribution in [2.45, 2.75) is 118 Å². The Kier molecular flexibility index (Phi) is 34.2. The van der Waals surface area contributed by atoms with E-state index in [1.54, 1.807) is 0 Å². The third-order valence-electron chi connectivity index (χ3n) is 4.36. The molecule has 0 spiro atoms. The van der Waals surface area contributed by atoms with Crippen molar-refractivity contribution in [1.82, 2.24) is 0 Å². The van der Waals surface area contributed by atoms with Crippen LogP contribution in [0, 0.1) is 0 Å². The summed E-state index contributed by atoms with van der Waals surface area (Å²) in [7, 11) is -3.78. The molecule has 0 aromatic carbocycles. The predicted molar refractivity (Wildman–Crippen MR) is 126 cm³/mol. The zero-order valence-corrected chi connectivity index (χ0v) is 20.0. The molecule has 0 saturated carbocycles. The fourth-order valence-corrected chi connectivity index (χ4v) is 3.39. The van der Waals surface area contributed by atoms with E-state index in [0.717, 1.165) is 51.7 Å². The molecule has 0 aliphatic carbocycles. The van der Waals surface area contributed by atoms with Gasteiger partial charge >= 0.3 is 40.0 Å². The van der Waals surface area contributed by atoms with Crippen molar-refractivity contribution < 1.29 is 21.5 Å². The van der Waals surface area contributed by atoms with Crippen molar-refractivity contribution in [1.29, 1.82) is 0 Å². The Hall–Kier alpha value is 0.830. The molecule has 0 aliphatic rings. The zero-order valence-electron chi connectivity index (χ0n) is 19.2. The molecular weight excluding hydrogens is 399 g/mol. The van der Waals surface area contributed by atoms with E-state index in [2.05, 4.69) is 13.8 Å². The Morgan fingerprint density at radius 1 is 0.517 bits per heavy atom. The van der Waals surface area contributed by atoms with Gasteiger partial charge in [0, 0.05) is 13.2 Å². The average Bonchev–Trinajstić information content (AvgIpc) is 2.67. The monoisotopic (exact) mass is 448 g/mol. The van der Waals surface area contributed by atoms with E-state index in [9.17, 15) is 8.42 Å². The van der Waals surface area contributed by atoms with E-state index in [4.69, 9.17) is 13.1 Å². The van der Waals surface area contributed by atoms with Gasteiger partial charge in [-0.1, -0.05) is 90.9 Å². The fraction of sp³-hybridized carbons (Fsp3) is 1.00. The van der Waals surface area contributed by atoms with E-state index in [1.165, 1.54) is 51.4 Å². The summed E-state index contributed by atoms with van der Waals surface area (Å²) in [5, 5.41) is 0. The molecule has 0 radical (unpaired) electrons. The third kappa shape index (κ3) is 33.7. The van der Waals surface area contributed by atoms with Crippen molar-refractivity contribution in [2.75, 3.05) is 26.4 Å². The Morgan fingerprint density at radius 2 is 0.828 bits per heavy atom. The molecule has 7 heteroatoms. The van der Waals surface area contributed by atoms with Crippen LogP contribution in [0.25, 0.3) is 0 Å². The van der Waals surface area contributed by atoms with Crippen LogP contribution in [0.3, 0.4) is 0 Å². The van der Waals surface area contributed by atoms with E-state index in [0.29, 0.717) is 0 Å². The normalized spacial score (nSPS) is 10.9. The molecule has 0 bridgehead atoms. The van der Waals surface area contributed by atoms with Crippen LogP contribution in [0.5, 0.6) is 0 Å². The summed E-state index contributed by atoms with van der Waals surface area (Å²) in [6, 6.07) is 0. The SMILES string of the molecule is CCCCCCCCCCOS(=O)(=O)OCCCCCCCC.CCOCC.[NaH]. The Morgan fingerprint density at radius 3 is 1.10 bits per heavy atom. The molecule has 0 atom stereocenters. The standard InChI is InChI=1S/C18H38O4S.C4H10O.Na.H/c1-3-5-7-9-11-12-14-16-18-22-23(19,20)21-17-15-13-10-8-6-4-2;1-3-5-4-2;;/h3-18H2,1-2H3;3-4H2,1-2H3;;. The van der Waals surface area contributed by atoms with E-state index in [1.807, 2.05) is 13.8 Å². The predicted octanol–water partition coefficient (Wildman–Crippen LogP) is 6.16. The quantitative estimate of drug-likeness (QED) is 0.165. The van der Waals surface area contributed by atoms with Gasteiger partial charge in [-0.3, -0.25) is 0 Å². The number of unbranched alkanes of at least 4 members (excludes halogenated alkanes) is 12.